The maximum Gasteiger partial charge on any atom is 0.243 e. The zero-order valence-corrected chi connectivity index (χ0v) is 11.1. The Labute approximate surface area is 116 Å². The molecule has 0 fully saturated rings. The van der Waals surface area contributed by atoms with Gasteiger partial charge in [-0.3, -0.25) is 4.79 Å². The van der Waals surface area contributed by atoms with E-state index in [1.54, 1.807) is 12.1 Å². The van der Waals surface area contributed by atoms with Gasteiger partial charge in [0, 0.05) is 12.0 Å². The summed E-state index contributed by atoms with van der Waals surface area (Å²) in [5, 5.41) is 6.55. The van der Waals surface area contributed by atoms with Gasteiger partial charge in [0.15, 0.2) is 11.6 Å². The number of nitrogens with zero attached hydrogens (tertiary/aromatic N) is 1. The molecule has 1 amide bonds. The Bertz CT molecular complexity index is 557. The van der Waals surface area contributed by atoms with Gasteiger partial charge in [0.05, 0.1) is 19.4 Å². The summed E-state index contributed by atoms with van der Waals surface area (Å²) in [5.41, 5.74) is 1.28. The SMILES string of the molecule is C=CC(=O)NCC1CC(c2ccc(OC)c(F)c2)=NO1. The number of carbonyl (C=O) groups excluding carboxylic acids is 1. The van der Waals surface area contributed by atoms with E-state index in [9.17, 15) is 9.18 Å². The van der Waals surface area contributed by atoms with E-state index in [4.69, 9.17) is 9.57 Å². The highest BCUT2D eigenvalue weighted by atomic mass is 19.1. The largest absolute Gasteiger partial charge is 0.494 e. The van der Waals surface area contributed by atoms with Crippen molar-refractivity contribution in [3.05, 3.63) is 42.2 Å². The topological polar surface area (TPSA) is 59.9 Å². The lowest BCUT2D eigenvalue weighted by Crippen LogP contribution is -2.30. The molecule has 1 heterocycles. The molecular formula is C14H15FN2O3. The predicted octanol–water partition coefficient (Wildman–Crippen LogP) is 1.63. The molecule has 1 atom stereocenters. The summed E-state index contributed by atoms with van der Waals surface area (Å²) in [5.74, 6) is -0.531. The molecule has 0 spiro atoms. The van der Waals surface area contributed by atoms with E-state index in [0.717, 1.165) is 0 Å². The minimum atomic E-state index is -0.448. The Morgan fingerprint density at radius 3 is 3.15 bits per heavy atom. The van der Waals surface area contributed by atoms with E-state index in [0.29, 0.717) is 24.2 Å². The molecule has 1 aliphatic rings. The molecule has 0 saturated carbocycles. The molecule has 0 bridgehead atoms. The molecule has 6 heteroatoms. The van der Waals surface area contributed by atoms with Crippen LogP contribution in [0.4, 0.5) is 4.39 Å². The second-order valence-corrected chi connectivity index (χ2v) is 4.27. The summed E-state index contributed by atoms with van der Waals surface area (Å²) in [6, 6.07) is 4.61. The van der Waals surface area contributed by atoms with Gasteiger partial charge in [-0.25, -0.2) is 4.39 Å². The highest BCUT2D eigenvalue weighted by molar-refractivity contribution is 6.01. The first kappa shape index (κ1) is 14.0. The first-order valence-corrected chi connectivity index (χ1v) is 6.11. The van der Waals surface area contributed by atoms with Crippen LogP contribution in [0.5, 0.6) is 5.75 Å². The smallest absolute Gasteiger partial charge is 0.243 e. The minimum absolute atomic E-state index is 0.183. The summed E-state index contributed by atoms with van der Waals surface area (Å²) in [6.07, 6.45) is 1.44. The number of halogens is 1. The molecule has 0 saturated heterocycles. The molecule has 1 N–H and O–H groups in total. The average molecular weight is 278 g/mol. The van der Waals surface area contributed by atoms with Gasteiger partial charge in [-0.15, -0.1) is 0 Å². The third-order valence-corrected chi connectivity index (χ3v) is 2.91. The number of ether oxygens (including phenoxy) is 1. The van der Waals surface area contributed by atoms with Gasteiger partial charge in [0.25, 0.3) is 0 Å². The van der Waals surface area contributed by atoms with Gasteiger partial charge in [0.1, 0.15) is 6.10 Å². The van der Waals surface area contributed by atoms with E-state index in [1.807, 2.05) is 0 Å². The quantitative estimate of drug-likeness (QED) is 0.833. The third-order valence-electron chi connectivity index (χ3n) is 2.91. The number of oxime groups is 1. The number of nitrogens with one attached hydrogen (secondary N) is 1. The lowest BCUT2D eigenvalue weighted by Gasteiger charge is -2.08. The van der Waals surface area contributed by atoms with E-state index in [2.05, 4.69) is 17.1 Å². The van der Waals surface area contributed by atoms with E-state index >= 15 is 0 Å². The van der Waals surface area contributed by atoms with Crippen molar-refractivity contribution in [1.82, 2.24) is 5.32 Å². The Morgan fingerprint density at radius 1 is 1.70 bits per heavy atom. The Balaban J connectivity index is 1.97. The lowest BCUT2D eigenvalue weighted by molar-refractivity contribution is -0.117. The minimum Gasteiger partial charge on any atom is -0.494 e. The molecule has 106 valence electrons. The summed E-state index contributed by atoms with van der Waals surface area (Å²) in [4.78, 5) is 16.2. The number of rotatable bonds is 5. The molecule has 0 aromatic heterocycles. The van der Waals surface area contributed by atoms with Gasteiger partial charge in [-0.2, -0.15) is 0 Å². The van der Waals surface area contributed by atoms with Crippen LogP contribution in [0.25, 0.3) is 0 Å². The lowest BCUT2D eigenvalue weighted by atomic mass is 10.0. The van der Waals surface area contributed by atoms with Crippen molar-refractivity contribution in [2.45, 2.75) is 12.5 Å². The van der Waals surface area contributed by atoms with Crippen LogP contribution in [0.3, 0.4) is 0 Å². The Morgan fingerprint density at radius 2 is 2.50 bits per heavy atom. The summed E-state index contributed by atoms with van der Waals surface area (Å²) in [6.45, 7) is 3.69. The predicted molar refractivity (Wildman–Crippen MR) is 72.2 cm³/mol. The zero-order chi connectivity index (χ0) is 14.5. The van der Waals surface area contributed by atoms with E-state index < -0.39 is 5.82 Å². The maximum atomic E-state index is 13.6. The Kier molecular flexibility index (Phi) is 4.34. The number of carbonyl (C=O) groups is 1. The number of amides is 1. The standard InChI is InChI=1S/C14H15FN2O3/c1-3-14(18)16-8-10-7-12(17-20-10)9-4-5-13(19-2)11(15)6-9/h3-6,10H,1,7-8H2,2H3,(H,16,18). The molecule has 20 heavy (non-hydrogen) atoms. The second kappa shape index (κ2) is 6.18. The van der Waals surface area contributed by atoms with E-state index in [1.165, 1.54) is 19.3 Å². The fraction of sp³-hybridized carbons (Fsp3) is 0.286. The second-order valence-electron chi connectivity index (χ2n) is 4.27. The van der Waals surface area contributed by atoms with Crippen molar-refractivity contribution in [2.24, 2.45) is 5.16 Å². The highest BCUT2D eigenvalue weighted by Gasteiger charge is 2.23. The molecule has 1 aromatic carbocycles. The van der Waals surface area contributed by atoms with Gasteiger partial charge in [-0.1, -0.05) is 11.7 Å². The zero-order valence-electron chi connectivity index (χ0n) is 11.1. The summed E-state index contributed by atoms with van der Waals surface area (Å²) >= 11 is 0. The molecule has 0 radical (unpaired) electrons. The Hall–Kier alpha value is -2.37. The van der Waals surface area contributed by atoms with Crippen molar-refractivity contribution in [3.8, 4) is 5.75 Å². The van der Waals surface area contributed by atoms with Crippen molar-refractivity contribution in [2.75, 3.05) is 13.7 Å². The van der Waals surface area contributed by atoms with Gasteiger partial charge in [-0.05, 0) is 24.3 Å². The van der Waals surface area contributed by atoms with Crippen LogP contribution in [0.15, 0.2) is 36.0 Å². The van der Waals surface area contributed by atoms with Crippen LogP contribution < -0.4 is 10.1 Å². The number of methoxy groups -OCH3 is 1. The van der Waals surface area contributed by atoms with Crippen molar-refractivity contribution in [3.63, 3.8) is 0 Å². The average Bonchev–Trinajstić information content (AvgIpc) is 2.93. The molecule has 1 aromatic rings. The van der Waals surface area contributed by atoms with Crippen LogP contribution in [-0.2, 0) is 9.63 Å². The number of benzene rings is 1. The maximum absolute atomic E-state index is 13.6. The monoisotopic (exact) mass is 278 g/mol. The molecule has 5 nitrogen and oxygen atoms in total. The fourth-order valence-corrected chi connectivity index (χ4v) is 1.84. The van der Waals surface area contributed by atoms with Gasteiger partial charge in [0.2, 0.25) is 5.91 Å². The van der Waals surface area contributed by atoms with Crippen LogP contribution in [0.1, 0.15) is 12.0 Å². The van der Waals surface area contributed by atoms with E-state index in [-0.39, 0.29) is 17.8 Å². The molecule has 1 unspecified atom stereocenters. The normalized spacial score (nSPS) is 17.1. The fourth-order valence-electron chi connectivity index (χ4n) is 1.84. The number of hydrogen-bond acceptors (Lipinski definition) is 4. The summed E-state index contributed by atoms with van der Waals surface area (Å²) in [7, 11) is 1.41. The third kappa shape index (κ3) is 3.14. The van der Waals surface area contributed by atoms with Crippen LogP contribution in [-0.4, -0.2) is 31.4 Å². The molecule has 0 aliphatic carbocycles. The highest BCUT2D eigenvalue weighted by Crippen LogP contribution is 2.22. The number of hydrogen-bond donors (Lipinski definition) is 1. The summed E-state index contributed by atoms with van der Waals surface area (Å²) < 4.78 is 18.5. The van der Waals surface area contributed by atoms with Crippen LogP contribution in [0.2, 0.25) is 0 Å². The van der Waals surface area contributed by atoms with Crippen LogP contribution in [0, 0.1) is 5.82 Å². The molecular weight excluding hydrogens is 263 g/mol. The van der Waals surface area contributed by atoms with Crippen LogP contribution >= 0.6 is 0 Å². The molecule has 1 aliphatic heterocycles. The first-order valence-electron chi connectivity index (χ1n) is 6.11. The van der Waals surface area contributed by atoms with Gasteiger partial charge < -0.3 is 14.9 Å². The first-order chi connectivity index (χ1) is 9.63. The van der Waals surface area contributed by atoms with Gasteiger partial charge >= 0.3 is 0 Å². The van der Waals surface area contributed by atoms with Crippen molar-refractivity contribution in [1.29, 1.82) is 0 Å². The van der Waals surface area contributed by atoms with Crippen molar-refractivity contribution < 1.29 is 18.8 Å². The van der Waals surface area contributed by atoms with Crippen molar-refractivity contribution >= 4 is 11.6 Å². The molecule has 2 rings (SSSR count).